The van der Waals surface area contributed by atoms with Crippen molar-refractivity contribution in [3.63, 3.8) is 0 Å². The van der Waals surface area contributed by atoms with Crippen LogP contribution in [0.15, 0.2) is 65.0 Å². The minimum absolute atomic E-state index is 0.188. The summed E-state index contributed by atoms with van der Waals surface area (Å²) in [5, 5.41) is 0. The number of amides is 1. The van der Waals surface area contributed by atoms with Gasteiger partial charge in [0.25, 0.3) is 5.91 Å². The first kappa shape index (κ1) is 25.1. The van der Waals surface area contributed by atoms with E-state index in [0.717, 1.165) is 29.5 Å². The van der Waals surface area contributed by atoms with Crippen molar-refractivity contribution in [3.8, 4) is 0 Å². The van der Waals surface area contributed by atoms with Crippen molar-refractivity contribution >= 4 is 37.5 Å². The van der Waals surface area contributed by atoms with Gasteiger partial charge in [-0.1, -0.05) is 50.7 Å². The van der Waals surface area contributed by atoms with Crippen molar-refractivity contribution in [2.75, 3.05) is 13.1 Å². The second-order valence-electron chi connectivity index (χ2n) is 7.73. The molecule has 0 radical (unpaired) electrons. The number of sulfonamides is 1. The highest BCUT2D eigenvalue weighted by Gasteiger charge is 2.22. The van der Waals surface area contributed by atoms with Gasteiger partial charge in [-0.25, -0.2) is 8.42 Å². The quantitative estimate of drug-likeness (QED) is 0.379. The van der Waals surface area contributed by atoms with Crippen LogP contribution in [0.2, 0.25) is 0 Å². The second kappa shape index (κ2) is 11.0. The summed E-state index contributed by atoms with van der Waals surface area (Å²) in [6.07, 6.45) is 4.44. The fourth-order valence-electron chi connectivity index (χ4n) is 3.58. The molecule has 0 atom stereocenters. The maximum atomic E-state index is 12.9. The first-order valence-electron chi connectivity index (χ1n) is 11.3. The van der Waals surface area contributed by atoms with E-state index in [4.69, 9.17) is 0 Å². The van der Waals surface area contributed by atoms with Crippen LogP contribution >= 0.6 is 11.3 Å². The lowest BCUT2D eigenvalue weighted by Crippen LogP contribution is -2.31. The van der Waals surface area contributed by atoms with E-state index >= 15 is 0 Å². The van der Waals surface area contributed by atoms with Crippen LogP contribution in [0.5, 0.6) is 0 Å². The summed E-state index contributed by atoms with van der Waals surface area (Å²) < 4.78 is 30.3. The van der Waals surface area contributed by atoms with Gasteiger partial charge in [-0.15, -0.1) is 6.58 Å². The van der Waals surface area contributed by atoms with Crippen molar-refractivity contribution in [2.24, 2.45) is 4.99 Å². The zero-order valence-electron chi connectivity index (χ0n) is 19.5. The van der Waals surface area contributed by atoms with Gasteiger partial charge in [-0.3, -0.25) is 4.79 Å². The zero-order valence-corrected chi connectivity index (χ0v) is 21.1. The van der Waals surface area contributed by atoms with Crippen LogP contribution in [-0.4, -0.2) is 36.3 Å². The fourth-order valence-corrected chi connectivity index (χ4v) is 6.17. The number of aryl methyl sites for hydroxylation is 1. The first-order chi connectivity index (χ1) is 15.8. The van der Waals surface area contributed by atoms with Gasteiger partial charge in [0, 0.05) is 25.2 Å². The molecule has 1 heterocycles. The number of unbranched alkanes of at least 4 members (excludes halogenated alkanes) is 1. The Kier molecular flexibility index (Phi) is 8.40. The van der Waals surface area contributed by atoms with Gasteiger partial charge in [0.15, 0.2) is 4.80 Å². The Morgan fingerprint density at radius 1 is 1.15 bits per heavy atom. The number of hydrogen-bond acceptors (Lipinski definition) is 4. The van der Waals surface area contributed by atoms with Crippen LogP contribution in [0.25, 0.3) is 10.2 Å². The SMILES string of the molecule is C=CCn1c(=NC(=O)c2ccc(S(=O)(=O)N(CC)CCCC)cc2)sc2cc(CC)ccc21. The number of carbonyl (C=O) groups excluding carboxylic acids is 1. The number of nitrogens with zero attached hydrogens (tertiary/aromatic N) is 3. The minimum atomic E-state index is -3.58. The van der Waals surface area contributed by atoms with E-state index in [1.165, 1.54) is 45.5 Å². The largest absolute Gasteiger partial charge is 0.312 e. The topological polar surface area (TPSA) is 71.7 Å². The van der Waals surface area contributed by atoms with Crippen molar-refractivity contribution in [2.45, 2.75) is 51.5 Å². The van der Waals surface area contributed by atoms with Crippen LogP contribution in [0.4, 0.5) is 0 Å². The van der Waals surface area contributed by atoms with Crippen molar-refractivity contribution in [1.29, 1.82) is 0 Å². The van der Waals surface area contributed by atoms with Crippen molar-refractivity contribution < 1.29 is 13.2 Å². The second-order valence-corrected chi connectivity index (χ2v) is 10.7. The van der Waals surface area contributed by atoms with Crippen LogP contribution in [-0.2, 0) is 23.0 Å². The monoisotopic (exact) mass is 485 g/mol. The van der Waals surface area contributed by atoms with Gasteiger partial charge < -0.3 is 4.57 Å². The van der Waals surface area contributed by atoms with E-state index in [1.807, 2.05) is 18.4 Å². The predicted molar refractivity (Wildman–Crippen MR) is 135 cm³/mol. The number of aromatic nitrogens is 1. The summed E-state index contributed by atoms with van der Waals surface area (Å²) >= 11 is 1.46. The molecule has 3 rings (SSSR count). The third-order valence-electron chi connectivity index (χ3n) is 5.52. The number of thiazole rings is 1. The molecule has 1 amide bonds. The Morgan fingerprint density at radius 2 is 1.88 bits per heavy atom. The average molecular weight is 486 g/mol. The number of rotatable bonds is 10. The fraction of sp³-hybridized carbons (Fsp3) is 0.360. The molecule has 0 aliphatic carbocycles. The highest BCUT2D eigenvalue weighted by atomic mass is 32.2. The minimum Gasteiger partial charge on any atom is -0.312 e. The van der Waals surface area contributed by atoms with E-state index in [0.29, 0.717) is 30.0 Å². The summed E-state index contributed by atoms with van der Waals surface area (Å²) in [6, 6.07) is 12.3. The Hall–Kier alpha value is -2.55. The lowest BCUT2D eigenvalue weighted by atomic mass is 10.2. The molecule has 0 fully saturated rings. The maximum Gasteiger partial charge on any atom is 0.279 e. The standard InChI is InChI=1S/C25H31N3O3S2/c1-5-9-17-27(8-4)33(30,31)21-13-11-20(12-14-21)24(29)26-25-28(16-6-2)22-15-10-19(7-3)18-23(22)32-25/h6,10-15,18H,2,5,7-9,16-17H2,1,3-4H3. The smallest absolute Gasteiger partial charge is 0.279 e. The van der Waals surface area contributed by atoms with Crippen LogP contribution in [0, 0.1) is 0 Å². The summed E-state index contributed by atoms with van der Waals surface area (Å²) in [6.45, 7) is 11.2. The number of hydrogen-bond donors (Lipinski definition) is 0. The molecule has 0 saturated carbocycles. The van der Waals surface area contributed by atoms with E-state index in [1.54, 1.807) is 6.08 Å². The van der Waals surface area contributed by atoms with Gasteiger partial charge in [0.2, 0.25) is 10.0 Å². The molecule has 0 N–H and O–H groups in total. The molecule has 0 unspecified atom stereocenters. The van der Waals surface area contributed by atoms with Gasteiger partial charge in [0.1, 0.15) is 0 Å². The highest BCUT2D eigenvalue weighted by molar-refractivity contribution is 7.89. The number of benzene rings is 2. The molecule has 33 heavy (non-hydrogen) atoms. The normalized spacial score (nSPS) is 12.5. The van der Waals surface area contributed by atoms with Crippen LogP contribution < -0.4 is 4.80 Å². The molecule has 0 bridgehead atoms. The molecule has 6 nitrogen and oxygen atoms in total. The molecule has 0 aliphatic heterocycles. The highest BCUT2D eigenvalue weighted by Crippen LogP contribution is 2.21. The van der Waals surface area contributed by atoms with Crippen LogP contribution in [0.3, 0.4) is 0 Å². The Morgan fingerprint density at radius 3 is 2.48 bits per heavy atom. The lowest BCUT2D eigenvalue weighted by molar-refractivity contribution is 0.0997. The molecule has 176 valence electrons. The summed E-state index contributed by atoms with van der Waals surface area (Å²) in [5.41, 5.74) is 2.59. The predicted octanol–water partition coefficient (Wildman–Crippen LogP) is 5.00. The third-order valence-corrected chi connectivity index (χ3v) is 8.55. The third kappa shape index (κ3) is 5.51. The molecule has 2 aromatic carbocycles. The Balaban J connectivity index is 1.94. The molecule has 0 saturated heterocycles. The summed E-state index contributed by atoms with van der Waals surface area (Å²) in [5.74, 6) is -0.405. The summed E-state index contributed by atoms with van der Waals surface area (Å²) in [7, 11) is -3.58. The maximum absolute atomic E-state index is 12.9. The molecule has 3 aromatic rings. The number of carbonyl (C=O) groups is 1. The number of fused-ring (bicyclic) bond motifs is 1. The zero-order chi connectivity index (χ0) is 24.0. The Labute approximate surface area is 200 Å². The van der Waals surface area contributed by atoms with E-state index < -0.39 is 15.9 Å². The Bertz CT molecular complexity index is 1300. The van der Waals surface area contributed by atoms with Gasteiger partial charge >= 0.3 is 0 Å². The van der Waals surface area contributed by atoms with E-state index in [-0.39, 0.29) is 4.90 Å². The number of allylic oxidation sites excluding steroid dienone is 1. The molecular formula is C25H31N3O3S2. The molecule has 1 aromatic heterocycles. The van der Waals surface area contributed by atoms with Gasteiger partial charge in [-0.05, 0) is 54.8 Å². The lowest BCUT2D eigenvalue weighted by Gasteiger charge is -2.20. The molecule has 0 spiro atoms. The van der Waals surface area contributed by atoms with Gasteiger partial charge in [-0.2, -0.15) is 9.30 Å². The van der Waals surface area contributed by atoms with Crippen molar-refractivity contribution in [3.05, 3.63) is 71.0 Å². The van der Waals surface area contributed by atoms with Crippen LogP contribution in [0.1, 0.15) is 49.5 Å². The summed E-state index contributed by atoms with van der Waals surface area (Å²) in [4.78, 5) is 18.0. The van der Waals surface area contributed by atoms with E-state index in [9.17, 15) is 13.2 Å². The van der Waals surface area contributed by atoms with E-state index in [2.05, 4.69) is 36.7 Å². The first-order valence-corrected chi connectivity index (χ1v) is 13.5. The molecule has 8 heteroatoms. The average Bonchev–Trinajstić information content (AvgIpc) is 3.15. The molecular weight excluding hydrogens is 454 g/mol. The molecule has 0 aliphatic rings. The van der Waals surface area contributed by atoms with Crippen molar-refractivity contribution in [1.82, 2.24) is 8.87 Å². The van der Waals surface area contributed by atoms with Gasteiger partial charge in [0.05, 0.1) is 15.1 Å².